The highest BCUT2D eigenvalue weighted by Crippen LogP contribution is 2.30. The second-order valence-electron chi connectivity index (χ2n) is 5.96. The van der Waals surface area contributed by atoms with Crippen LogP contribution in [0, 0.1) is 0 Å². The highest BCUT2D eigenvalue weighted by atomic mass is 16.5. The lowest BCUT2D eigenvalue weighted by Crippen LogP contribution is -2.31. The van der Waals surface area contributed by atoms with E-state index in [4.69, 9.17) is 9.47 Å². The molecule has 0 radical (unpaired) electrons. The smallest absolute Gasteiger partial charge is 0.122 e. The van der Waals surface area contributed by atoms with Crippen LogP contribution in [0.25, 0.3) is 0 Å². The van der Waals surface area contributed by atoms with Crippen LogP contribution in [-0.4, -0.2) is 25.9 Å². The fraction of sp³-hybridized carbons (Fsp3) is 0.647. The average Bonchev–Trinajstić information content (AvgIpc) is 3.12. The van der Waals surface area contributed by atoms with Crippen molar-refractivity contribution in [1.82, 2.24) is 5.32 Å². The van der Waals surface area contributed by atoms with Crippen molar-refractivity contribution in [1.29, 1.82) is 0 Å². The zero-order valence-corrected chi connectivity index (χ0v) is 12.5. The third kappa shape index (κ3) is 2.84. The summed E-state index contributed by atoms with van der Waals surface area (Å²) in [4.78, 5) is 0. The van der Waals surface area contributed by atoms with Crippen molar-refractivity contribution in [3.8, 4) is 5.75 Å². The first-order valence-electron chi connectivity index (χ1n) is 7.84. The molecule has 3 atom stereocenters. The number of fused-ring (bicyclic) bond motifs is 1. The molecule has 1 aromatic carbocycles. The number of methoxy groups -OCH3 is 1. The van der Waals surface area contributed by atoms with Gasteiger partial charge in [-0.3, -0.25) is 0 Å². The highest BCUT2D eigenvalue weighted by molar-refractivity contribution is 5.40. The molecule has 0 bridgehead atoms. The maximum Gasteiger partial charge on any atom is 0.122 e. The Hall–Kier alpha value is -1.06. The third-order valence-electron chi connectivity index (χ3n) is 4.68. The fourth-order valence-electron chi connectivity index (χ4n) is 3.46. The van der Waals surface area contributed by atoms with Crippen LogP contribution in [0.4, 0.5) is 0 Å². The molecule has 0 aromatic heterocycles. The number of nitrogens with one attached hydrogen (secondary N) is 1. The van der Waals surface area contributed by atoms with E-state index in [9.17, 15) is 0 Å². The van der Waals surface area contributed by atoms with Crippen LogP contribution in [0.1, 0.15) is 49.8 Å². The van der Waals surface area contributed by atoms with Gasteiger partial charge in [0.2, 0.25) is 0 Å². The standard InChI is InChI=1S/C17H25NO2/c1-3-16(18-14-5-6-15(11-14)19-2)12-4-7-17-13(10-12)8-9-20-17/h4,7,10,14-16,18H,3,5-6,8-9,11H2,1-2H3. The van der Waals surface area contributed by atoms with E-state index in [-0.39, 0.29) is 0 Å². The fourth-order valence-corrected chi connectivity index (χ4v) is 3.46. The zero-order valence-electron chi connectivity index (χ0n) is 12.5. The summed E-state index contributed by atoms with van der Waals surface area (Å²) >= 11 is 0. The molecule has 3 nitrogen and oxygen atoms in total. The minimum absolute atomic E-state index is 0.443. The van der Waals surface area contributed by atoms with Crippen LogP contribution in [0.15, 0.2) is 18.2 Å². The maximum atomic E-state index is 5.59. The third-order valence-corrected chi connectivity index (χ3v) is 4.68. The molecule has 1 N–H and O–H groups in total. The van der Waals surface area contributed by atoms with E-state index in [2.05, 4.69) is 30.4 Å². The van der Waals surface area contributed by atoms with Gasteiger partial charge in [0, 0.05) is 25.6 Å². The van der Waals surface area contributed by atoms with E-state index < -0.39 is 0 Å². The van der Waals surface area contributed by atoms with Crippen molar-refractivity contribution in [2.75, 3.05) is 13.7 Å². The molecule has 3 unspecified atom stereocenters. The van der Waals surface area contributed by atoms with Gasteiger partial charge in [0.15, 0.2) is 0 Å². The predicted molar refractivity (Wildman–Crippen MR) is 80.2 cm³/mol. The second kappa shape index (κ2) is 6.15. The molecule has 0 amide bonds. The van der Waals surface area contributed by atoms with Crippen molar-refractivity contribution in [3.05, 3.63) is 29.3 Å². The van der Waals surface area contributed by atoms with E-state index in [1.807, 2.05) is 7.11 Å². The van der Waals surface area contributed by atoms with Crippen molar-refractivity contribution < 1.29 is 9.47 Å². The summed E-state index contributed by atoms with van der Waals surface area (Å²) in [6.07, 6.45) is 6.16. The van der Waals surface area contributed by atoms with Gasteiger partial charge in [-0.05, 0) is 42.9 Å². The van der Waals surface area contributed by atoms with E-state index in [0.717, 1.165) is 31.6 Å². The number of rotatable bonds is 5. The Morgan fingerprint density at radius 2 is 2.30 bits per heavy atom. The molecule has 20 heavy (non-hydrogen) atoms. The Morgan fingerprint density at radius 1 is 1.40 bits per heavy atom. The summed E-state index contributed by atoms with van der Waals surface area (Å²) in [6, 6.07) is 7.71. The van der Waals surface area contributed by atoms with E-state index in [1.165, 1.54) is 24.0 Å². The average molecular weight is 275 g/mol. The number of hydrogen-bond donors (Lipinski definition) is 1. The van der Waals surface area contributed by atoms with Crippen molar-refractivity contribution in [2.24, 2.45) is 0 Å². The van der Waals surface area contributed by atoms with Gasteiger partial charge >= 0.3 is 0 Å². The molecule has 3 rings (SSSR count). The van der Waals surface area contributed by atoms with Crippen molar-refractivity contribution >= 4 is 0 Å². The van der Waals surface area contributed by atoms with E-state index >= 15 is 0 Å². The number of ether oxygens (including phenoxy) is 2. The van der Waals surface area contributed by atoms with Crippen LogP contribution in [-0.2, 0) is 11.2 Å². The Bertz CT molecular complexity index is 460. The lowest BCUT2D eigenvalue weighted by molar-refractivity contribution is 0.106. The summed E-state index contributed by atoms with van der Waals surface area (Å²) in [5, 5.41) is 3.82. The lowest BCUT2D eigenvalue weighted by Gasteiger charge is -2.23. The largest absolute Gasteiger partial charge is 0.493 e. The first-order chi connectivity index (χ1) is 9.80. The molecule has 0 spiro atoms. The van der Waals surface area contributed by atoms with Crippen LogP contribution in [0.2, 0.25) is 0 Å². The summed E-state index contributed by atoms with van der Waals surface area (Å²) in [5.74, 6) is 1.07. The normalized spacial score (nSPS) is 26.3. The molecule has 1 aliphatic heterocycles. The monoisotopic (exact) mass is 275 g/mol. The number of benzene rings is 1. The minimum Gasteiger partial charge on any atom is -0.493 e. The van der Waals surface area contributed by atoms with E-state index in [0.29, 0.717) is 18.2 Å². The van der Waals surface area contributed by atoms with Crippen LogP contribution in [0.5, 0.6) is 5.75 Å². The SMILES string of the molecule is CCC(NC1CCC(OC)C1)c1ccc2c(c1)CCO2. The highest BCUT2D eigenvalue weighted by Gasteiger charge is 2.26. The molecular weight excluding hydrogens is 250 g/mol. The Labute approximate surface area is 121 Å². The quantitative estimate of drug-likeness (QED) is 0.895. The zero-order chi connectivity index (χ0) is 13.9. The Balaban J connectivity index is 1.67. The topological polar surface area (TPSA) is 30.5 Å². The molecular formula is C17H25NO2. The molecule has 1 fully saturated rings. The Kier molecular flexibility index (Phi) is 4.27. The van der Waals surface area contributed by atoms with Gasteiger partial charge in [0.1, 0.15) is 5.75 Å². The maximum absolute atomic E-state index is 5.59. The van der Waals surface area contributed by atoms with E-state index in [1.54, 1.807) is 0 Å². The van der Waals surface area contributed by atoms with Gasteiger partial charge in [-0.2, -0.15) is 0 Å². The molecule has 1 saturated carbocycles. The lowest BCUT2D eigenvalue weighted by atomic mass is 9.99. The van der Waals surface area contributed by atoms with Gasteiger partial charge in [0.25, 0.3) is 0 Å². The summed E-state index contributed by atoms with van der Waals surface area (Å²) in [5.41, 5.74) is 2.77. The van der Waals surface area contributed by atoms with Gasteiger partial charge in [-0.15, -0.1) is 0 Å². The van der Waals surface area contributed by atoms with Crippen LogP contribution >= 0.6 is 0 Å². The van der Waals surface area contributed by atoms with Crippen LogP contribution in [0.3, 0.4) is 0 Å². The summed E-state index contributed by atoms with van der Waals surface area (Å²) in [6.45, 7) is 3.09. The molecule has 1 heterocycles. The molecule has 1 aromatic rings. The number of hydrogen-bond acceptors (Lipinski definition) is 3. The molecule has 3 heteroatoms. The molecule has 110 valence electrons. The first-order valence-corrected chi connectivity index (χ1v) is 7.84. The summed E-state index contributed by atoms with van der Waals surface area (Å²) in [7, 11) is 1.82. The summed E-state index contributed by atoms with van der Waals surface area (Å²) < 4.78 is 11.1. The van der Waals surface area contributed by atoms with Gasteiger partial charge < -0.3 is 14.8 Å². The molecule has 0 saturated heterocycles. The molecule has 2 aliphatic rings. The second-order valence-corrected chi connectivity index (χ2v) is 5.96. The molecule has 1 aliphatic carbocycles. The van der Waals surface area contributed by atoms with Crippen LogP contribution < -0.4 is 10.1 Å². The minimum atomic E-state index is 0.443. The van der Waals surface area contributed by atoms with Crippen molar-refractivity contribution in [3.63, 3.8) is 0 Å². The van der Waals surface area contributed by atoms with Gasteiger partial charge in [0.05, 0.1) is 12.7 Å². The van der Waals surface area contributed by atoms with Gasteiger partial charge in [-0.1, -0.05) is 19.1 Å². The first kappa shape index (κ1) is 13.9. The van der Waals surface area contributed by atoms with Gasteiger partial charge in [-0.25, -0.2) is 0 Å². The van der Waals surface area contributed by atoms with Crippen molar-refractivity contribution in [2.45, 2.75) is 57.2 Å². The predicted octanol–water partition coefficient (Wildman–Crippen LogP) is 3.23. The Morgan fingerprint density at radius 3 is 3.05 bits per heavy atom.